The third kappa shape index (κ3) is 3.27. The van der Waals surface area contributed by atoms with Crippen LogP contribution in [0.2, 0.25) is 5.02 Å². The Balaban J connectivity index is 2.40. The van der Waals surface area contributed by atoms with Gasteiger partial charge in [-0.05, 0) is 24.8 Å². The maximum absolute atomic E-state index is 13.5. The third-order valence-corrected chi connectivity index (χ3v) is 4.49. The molecule has 0 saturated carbocycles. The Kier molecular flexibility index (Phi) is 5.00. The van der Waals surface area contributed by atoms with Gasteiger partial charge in [-0.2, -0.15) is 0 Å². The summed E-state index contributed by atoms with van der Waals surface area (Å²) in [6.07, 6.45) is 2.90. The van der Waals surface area contributed by atoms with Crippen LogP contribution in [0.5, 0.6) is 0 Å². The molecule has 2 unspecified atom stereocenters. The van der Waals surface area contributed by atoms with E-state index < -0.39 is 10.7 Å². The number of hydrogen-bond acceptors (Lipinski definition) is 4. The predicted molar refractivity (Wildman–Crippen MR) is 81.3 cm³/mol. The zero-order chi connectivity index (χ0) is 15.6. The molecule has 0 bridgehead atoms. The second-order valence-electron chi connectivity index (χ2n) is 5.39. The van der Waals surface area contributed by atoms with Crippen LogP contribution in [0.3, 0.4) is 0 Å². The molecule has 2 N–H and O–H groups in total. The van der Waals surface area contributed by atoms with Crippen LogP contribution in [-0.2, 0) is 0 Å². The number of nitrogens with two attached hydrogens (primary N) is 1. The van der Waals surface area contributed by atoms with Crippen molar-refractivity contribution in [3.8, 4) is 0 Å². The molecule has 1 aliphatic heterocycles. The minimum atomic E-state index is -0.778. The first-order chi connectivity index (χ1) is 9.97. The van der Waals surface area contributed by atoms with Gasteiger partial charge in [-0.15, -0.1) is 0 Å². The van der Waals surface area contributed by atoms with Crippen molar-refractivity contribution in [2.45, 2.75) is 32.2 Å². The molecule has 0 spiro atoms. The Morgan fingerprint density at radius 1 is 1.57 bits per heavy atom. The molecule has 1 fully saturated rings. The summed E-state index contributed by atoms with van der Waals surface area (Å²) >= 11 is 5.80. The fraction of sp³-hybridized carbons (Fsp3) is 0.571. The second kappa shape index (κ2) is 6.58. The van der Waals surface area contributed by atoms with Crippen LogP contribution in [0.15, 0.2) is 12.1 Å². The molecule has 5 nitrogen and oxygen atoms in total. The third-order valence-electron chi connectivity index (χ3n) is 4.20. The molecule has 2 atom stereocenters. The van der Waals surface area contributed by atoms with Crippen LogP contribution in [0.25, 0.3) is 0 Å². The maximum Gasteiger partial charge on any atom is 0.295 e. The number of benzene rings is 1. The highest BCUT2D eigenvalue weighted by atomic mass is 35.5. The molecule has 21 heavy (non-hydrogen) atoms. The van der Waals surface area contributed by atoms with E-state index in [-0.39, 0.29) is 16.8 Å². The molecular weight excluding hydrogens is 297 g/mol. The Morgan fingerprint density at radius 2 is 2.29 bits per heavy atom. The van der Waals surface area contributed by atoms with Crippen molar-refractivity contribution in [1.82, 2.24) is 0 Å². The van der Waals surface area contributed by atoms with Crippen molar-refractivity contribution in [2.24, 2.45) is 11.7 Å². The van der Waals surface area contributed by atoms with E-state index in [0.717, 1.165) is 25.3 Å². The number of anilines is 1. The van der Waals surface area contributed by atoms with Crippen molar-refractivity contribution in [2.75, 3.05) is 18.0 Å². The number of nitro groups is 1. The van der Waals surface area contributed by atoms with Gasteiger partial charge in [0.15, 0.2) is 0 Å². The van der Waals surface area contributed by atoms with Gasteiger partial charge in [0.2, 0.25) is 0 Å². The summed E-state index contributed by atoms with van der Waals surface area (Å²) < 4.78 is 13.5. The number of rotatable bonds is 4. The lowest BCUT2D eigenvalue weighted by Gasteiger charge is -2.40. The first-order valence-electron chi connectivity index (χ1n) is 7.08. The van der Waals surface area contributed by atoms with E-state index in [4.69, 9.17) is 17.3 Å². The number of nitro benzene ring substituents is 1. The topological polar surface area (TPSA) is 72.4 Å². The van der Waals surface area contributed by atoms with Gasteiger partial charge < -0.3 is 10.6 Å². The van der Waals surface area contributed by atoms with E-state index in [1.165, 1.54) is 6.07 Å². The van der Waals surface area contributed by atoms with Crippen LogP contribution in [0, 0.1) is 21.8 Å². The molecule has 2 rings (SSSR count). The van der Waals surface area contributed by atoms with Gasteiger partial charge in [-0.3, -0.25) is 10.1 Å². The highest BCUT2D eigenvalue weighted by Gasteiger charge is 2.31. The normalized spacial score (nSPS) is 22.4. The SMILES string of the molecule is CCC1CCN(c2cc(Cl)c(F)cc2[N+](=O)[O-])C(CN)C1. The van der Waals surface area contributed by atoms with E-state index in [2.05, 4.69) is 6.92 Å². The minimum Gasteiger partial charge on any atom is -0.362 e. The van der Waals surface area contributed by atoms with Crippen molar-refractivity contribution < 1.29 is 9.31 Å². The van der Waals surface area contributed by atoms with Crippen LogP contribution in [0.1, 0.15) is 26.2 Å². The van der Waals surface area contributed by atoms with Gasteiger partial charge in [0.05, 0.1) is 16.0 Å². The second-order valence-corrected chi connectivity index (χ2v) is 5.80. The molecule has 116 valence electrons. The van der Waals surface area contributed by atoms with Crippen LogP contribution < -0.4 is 10.6 Å². The summed E-state index contributed by atoms with van der Waals surface area (Å²) in [5, 5.41) is 11.1. The van der Waals surface area contributed by atoms with Crippen LogP contribution in [-0.4, -0.2) is 24.1 Å². The van der Waals surface area contributed by atoms with Gasteiger partial charge in [-0.1, -0.05) is 24.9 Å². The summed E-state index contributed by atoms with van der Waals surface area (Å²) in [7, 11) is 0. The van der Waals surface area contributed by atoms with E-state index >= 15 is 0 Å². The highest BCUT2D eigenvalue weighted by molar-refractivity contribution is 6.31. The standard InChI is InChI=1S/C14H19ClFN3O2/c1-2-9-3-4-18(10(5-9)8-17)13-6-11(15)12(16)7-14(13)19(20)21/h6-7,9-10H,2-5,8,17H2,1H3. The summed E-state index contributed by atoms with van der Waals surface area (Å²) in [4.78, 5) is 12.5. The zero-order valence-corrected chi connectivity index (χ0v) is 12.6. The number of halogens is 2. The smallest absolute Gasteiger partial charge is 0.295 e. The van der Waals surface area contributed by atoms with E-state index in [1.54, 1.807) is 0 Å². The molecule has 0 aliphatic carbocycles. The summed E-state index contributed by atoms with van der Waals surface area (Å²) in [5.74, 6) is -0.204. The van der Waals surface area contributed by atoms with E-state index in [1.807, 2.05) is 4.90 Å². The van der Waals surface area contributed by atoms with Crippen LogP contribution in [0.4, 0.5) is 15.8 Å². The zero-order valence-electron chi connectivity index (χ0n) is 11.9. The molecule has 1 heterocycles. The van der Waals surface area contributed by atoms with Gasteiger partial charge in [0, 0.05) is 19.1 Å². The number of hydrogen-bond donors (Lipinski definition) is 1. The van der Waals surface area contributed by atoms with E-state index in [0.29, 0.717) is 24.7 Å². The summed E-state index contributed by atoms with van der Waals surface area (Å²) in [6, 6.07) is 2.24. The van der Waals surface area contributed by atoms with Gasteiger partial charge in [0.1, 0.15) is 11.5 Å². The van der Waals surface area contributed by atoms with Gasteiger partial charge >= 0.3 is 0 Å². The first kappa shape index (κ1) is 16.0. The minimum absolute atomic E-state index is 0.0175. The van der Waals surface area contributed by atoms with Crippen molar-refractivity contribution in [1.29, 1.82) is 0 Å². The average Bonchev–Trinajstić information content (AvgIpc) is 2.48. The predicted octanol–water partition coefficient (Wildman–Crippen LogP) is 3.34. The van der Waals surface area contributed by atoms with Gasteiger partial charge in [-0.25, -0.2) is 4.39 Å². The monoisotopic (exact) mass is 315 g/mol. The lowest BCUT2D eigenvalue weighted by atomic mass is 9.88. The molecule has 0 amide bonds. The molecule has 0 radical (unpaired) electrons. The maximum atomic E-state index is 13.5. The molecule has 1 aromatic carbocycles. The molecule has 1 aromatic rings. The van der Waals surface area contributed by atoms with Crippen molar-refractivity contribution in [3.05, 3.63) is 33.1 Å². The molecule has 7 heteroatoms. The molecule has 1 aliphatic rings. The molecule has 0 aromatic heterocycles. The summed E-state index contributed by atoms with van der Waals surface area (Å²) in [5.41, 5.74) is 5.92. The van der Waals surface area contributed by atoms with Crippen molar-refractivity contribution in [3.63, 3.8) is 0 Å². The van der Waals surface area contributed by atoms with Crippen LogP contribution >= 0.6 is 11.6 Å². The molecular formula is C14H19ClFN3O2. The Hall–Kier alpha value is -1.40. The highest BCUT2D eigenvalue weighted by Crippen LogP contribution is 2.37. The fourth-order valence-corrected chi connectivity index (χ4v) is 3.11. The quantitative estimate of drug-likeness (QED) is 0.683. The summed E-state index contributed by atoms with van der Waals surface area (Å²) in [6.45, 7) is 3.21. The molecule has 1 saturated heterocycles. The number of piperidine rings is 1. The van der Waals surface area contributed by atoms with E-state index in [9.17, 15) is 14.5 Å². The largest absolute Gasteiger partial charge is 0.362 e. The van der Waals surface area contributed by atoms with Crippen molar-refractivity contribution >= 4 is 23.0 Å². The Bertz CT molecular complexity index is 541. The van der Waals surface area contributed by atoms with Gasteiger partial charge in [0.25, 0.3) is 5.69 Å². The number of nitrogens with zero attached hydrogens (tertiary/aromatic N) is 2. The fourth-order valence-electron chi connectivity index (χ4n) is 2.95. The first-order valence-corrected chi connectivity index (χ1v) is 7.45. The average molecular weight is 316 g/mol. The lowest BCUT2D eigenvalue weighted by Crippen LogP contribution is -2.47. The Morgan fingerprint density at radius 3 is 2.86 bits per heavy atom. The Labute approximate surface area is 128 Å². The lowest BCUT2D eigenvalue weighted by molar-refractivity contribution is -0.384.